The molecule has 0 spiro atoms. The molecule has 11 heavy (non-hydrogen) atoms. The quantitative estimate of drug-likeness (QED) is 0.662. The van der Waals surface area contributed by atoms with Crippen molar-refractivity contribution in [3.05, 3.63) is 29.8 Å². The molecule has 1 atom stereocenters. The summed E-state index contributed by atoms with van der Waals surface area (Å²) in [5.74, 6) is 0. The third-order valence-electron chi connectivity index (χ3n) is 1.37. The predicted molar refractivity (Wildman–Crippen MR) is 44.9 cm³/mol. The Balaban J connectivity index is 3.01. The molecule has 0 amide bonds. The Labute approximate surface area is 68.0 Å². The van der Waals surface area contributed by atoms with Crippen molar-refractivity contribution in [2.45, 2.75) is 11.4 Å². The summed E-state index contributed by atoms with van der Waals surface area (Å²) in [7, 11) is -1.40. The van der Waals surface area contributed by atoms with Crippen molar-refractivity contribution in [1.82, 2.24) is 0 Å². The summed E-state index contributed by atoms with van der Waals surface area (Å²) in [6, 6.07) is 7.13. The average Bonchev–Trinajstić information content (AvgIpc) is 2.05. The van der Waals surface area contributed by atoms with Crippen LogP contribution in [0.5, 0.6) is 0 Å². The lowest BCUT2D eigenvalue weighted by Crippen LogP contribution is -2.04. The molecule has 0 aliphatic heterocycles. The number of nitrogens with two attached hydrogens (primary N) is 2. The largest absolute Gasteiger partial charge is 0.326 e. The summed E-state index contributed by atoms with van der Waals surface area (Å²) < 4.78 is 10.8. The highest BCUT2D eigenvalue weighted by Gasteiger charge is 1.97. The van der Waals surface area contributed by atoms with E-state index in [0.29, 0.717) is 11.4 Å². The first-order valence-electron chi connectivity index (χ1n) is 3.19. The molecule has 0 aliphatic carbocycles. The van der Waals surface area contributed by atoms with Crippen LogP contribution in [0.3, 0.4) is 0 Å². The lowest BCUT2D eigenvalue weighted by Gasteiger charge is -1.98. The molecule has 0 saturated heterocycles. The van der Waals surface area contributed by atoms with Crippen LogP contribution in [0, 0.1) is 0 Å². The summed E-state index contributed by atoms with van der Waals surface area (Å²) >= 11 is 0. The monoisotopic (exact) mass is 170 g/mol. The van der Waals surface area contributed by atoms with Crippen LogP contribution >= 0.6 is 0 Å². The highest BCUT2D eigenvalue weighted by atomic mass is 32.2. The molecule has 0 aromatic heterocycles. The van der Waals surface area contributed by atoms with Gasteiger partial charge in [-0.15, -0.1) is 0 Å². The Morgan fingerprint density at radius 2 is 2.18 bits per heavy atom. The molecule has 0 aliphatic rings. The smallest absolute Gasteiger partial charge is 0.122 e. The highest BCUT2D eigenvalue weighted by molar-refractivity contribution is 7.82. The highest BCUT2D eigenvalue weighted by Crippen LogP contribution is 2.05. The first kappa shape index (κ1) is 8.39. The molecule has 0 fully saturated rings. The second kappa shape index (κ2) is 3.61. The maximum Gasteiger partial charge on any atom is 0.122 e. The van der Waals surface area contributed by atoms with Gasteiger partial charge >= 0.3 is 0 Å². The van der Waals surface area contributed by atoms with Crippen molar-refractivity contribution in [3.63, 3.8) is 0 Å². The minimum absolute atomic E-state index is 0.449. The van der Waals surface area contributed by atoms with E-state index in [-0.39, 0.29) is 0 Å². The van der Waals surface area contributed by atoms with Crippen molar-refractivity contribution < 1.29 is 4.21 Å². The Morgan fingerprint density at radius 1 is 1.45 bits per heavy atom. The summed E-state index contributed by atoms with van der Waals surface area (Å²) in [5.41, 5.74) is 6.32. The lowest BCUT2D eigenvalue weighted by atomic mass is 10.2. The van der Waals surface area contributed by atoms with Gasteiger partial charge in [-0.05, 0) is 17.7 Å². The van der Waals surface area contributed by atoms with Gasteiger partial charge in [0.1, 0.15) is 11.0 Å². The molecule has 0 bridgehead atoms. The SMILES string of the molecule is NCc1cccc(S(N)=O)c1. The van der Waals surface area contributed by atoms with Crippen LogP contribution in [-0.4, -0.2) is 4.21 Å². The van der Waals surface area contributed by atoms with Crippen LogP contribution in [0.1, 0.15) is 5.56 Å². The summed E-state index contributed by atoms with van der Waals surface area (Å²) in [6.07, 6.45) is 0. The van der Waals surface area contributed by atoms with Crippen LogP contribution in [0.2, 0.25) is 0 Å². The van der Waals surface area contributed by atoms with Gasteiger partial charge in [0.25, 0.3) is 0 Å². The van der Waals surface area contributed by atoms with Crippen LogP contribution in [0.15, 0.2) is 29.2 Å². The van der Waals surface area contributed by atoms with E-state index in [4.69, 9.17) is 10.9 Å². The van der Waals surface area contributed by atoms with Crippen molar-refractivity contribution in [2.75, 3.05) is 0 Å². The van der Waals surface area contributed by atoms with E-state index in [1.807, 2.05) is 6.07 Å². The van der Waals surface area contributed by atoms with Gasteiger partial charge in [-0.25, -0.2) is 9.35 Å². The normalized spacial score (nSPS) is 12.9. The maximum atomic E-state index is 10.8. The fourth-order valence-electron chi connectivity index (χ4n) is 0.798. The number of rotatable bonds is 2. The second-order valence-corrected chi connectivity index (χ2v) is 3.22. The lowest BCUT2D eigenvalue weighted by molar-refractivity contribution is 0.684. The zero-order valence-electron chi connectivity index (χ0n) is 5.99. The van der Waals surface area contributed by atoms with E-state index in [0.717, 1.165) is 5.56 Å². The van der Waals surface area contributed by atoms with E-state index < -0.39 is 11.0 Å². The second-order valence-electron chi connectivity index (χ2n) is 2.15. The average molecular weight is 170 g/mol. The summed E-state index contributed by atoms with van der Waals surface area (Å²) in [4.78, 5) is 0.618. The van der Waals surface area contributed by atoms with E-state index in [9.17, 15) is 4.21 Å². The molecule has 1 unspecified atom stereocenters. The maximum absolute atomic E-state index is 10.8. The fraction of sp³-hybridized carbons (Fsp3) is 0.143. The van der Waals surface area contributed by atoms with Gasteiger partial charge in [-0.2, -0.15) is 0 Å². The molecule has 1 aromatic rings. The first-order valence-corrected chi connectivity index (χ1v) is 4.40. The molecule has 4 N–H and O–H groups in total. The van der Waals surface area contributed by atoms with E-state index >= 15 is 0 Å². The molecule has 4 heteroatoms. The van der Waals surface area contributed by atoms with E-state index in [1.165, 1.54) is 0 Å². The molecule has 0 saturated carbocycles. The van der Waals surface area contributed by atoms with Gasteiger partial charge in [0.05, 0.1) is 4.90 Å². The minimum atomic E-state index is -1.40. The third-order valence-corrected chi connectivity index (χ3v) is 2.09. The van der Waals surface area contributed by atoms with Gasteiger partial charge in [0, 0.05) is 6.54 Å². The Bertz CT molecular complexity index is 275. The van der Waals surface area contributed by atoms with Gasteiger partial charge in [-0.3, -0.25) is 0 Å². The number of hydrogen-bond acceptors (Lipinski definition) is 2. The Hall–Kier alpha value is -0.710. The van der Waals surface area contributed by atoms with Gasteiger partial charge in [-0.1, -0.05) is 12.1 Å². The minimum Gasteiger partial charge on any atom is -0.326 e. The number of hydrogen-bond donors (Lipinski definition) is 2. The van der Waals surface area contributed by atoms with Gasteiger partial charge in [0.15, 0.2) is 0 Å². The van der Waals surface area contributed by atoms with Crippen molar-refractivity contribution in [2.24, 2.45) is 10.9 Å². The van der Waals surface area contributed by atoms with Gasteiger partial charge in [0.2, 0.25) is 0 Å². The van der Waals surface area contributed by atoms with E-state index in [2.05, 4.69) is 0 Å². The molecular formula is C7H10N2OS. The predicted octanol–water partition coefficient (Wildman–Crippen LogP) is 0.127. The fourth-order valence-corrected chi connectivity index (χ4v) is 1.28. The van der Waals surface area contributed by atoms with Crippen LogP contribution in [-0.2, 0) is 17.5 Å². The molecular weight excluding hydrogens is 160 g/mol. The molecule has 1 rings (SSSR count). The summed E-state index contributed by atoms with van der Waals surface area (Å²) in [6.45, 7) is 0.449. The zero-order chi connectivity index (χ0) is 8.27. The van der Waals surface area contributed by atoms with Crippen LogP contribution < -0.4 is 10.9 Å². The van der Waals surface area contributed by atoms with Crippen molar-refractivity contribution in [3.8, 4) is 0 Å². The van der Waals surface area contributed by atoms with Gasteiger partial charge < -0.3 is 5.73 Å². The standard InChI is InChI=1S/C7H10N2OS/c8-5-6-2-1-3-7(4-6)11(9)10/h1-4H,5,8-9H2. The Kier molecular flexibility index (Phi) is 2.76. The number of benzene rings is 1. The molecule has 3 nitrogen and oxygen atoms in total. The van der Waals surface area contributed by atoms with Crippen LogP contribution in [0.25, 0.3) is 0 Å². The molecule has 0 heterocycles. The molecule has 60 valence electrons. The molecule has 1 aromatic carbocycles. The van der Waals surface area contributed by atoms with Crippen molar-refractivity contribution >= 4 is 11.0 Å². The van der Waals surface area contributed by atoms with Crippen molar-refractivity contribution in [1.29, 1.82) is 0 Å². The zero-order valence-corrected chi connectivity index (χ0v) is 6.80. The van der Waals surface area contributed by atoms with Crippen LogP contribution in [0.4, 0.5) is 0 Å². The Morgan fingerprint density at radius 3 is 2.73 bits per heavy atom. The first-order chi connectivity index (χ1) is 5.24. The summed E-state index contributed by atoms with van der Waals surface area (Å²) in [5, 5.41) is 5.17. The topological polar surface area (TPSA) is 69.1 Å². The third kappa shape index (κ3) is 2.11. The molecule has 0 radical (unpaired) electrons. The van der Waals surface area contributed by atoms with E-state index in [1.54, 1.807) is 18.2 Å².